The van der Waals surface area contributed by atoms with Crippen LogP contribution in [0.2, 0.25) is 0 Å². The van der Waals surface area contributed by atoms with Crippen molar-refractivity contribution in [1.29, 1.82) is 0 Å². The lowest BCUT2D eigenvalue weighted by Gasteiger charge is -2.24. The molecule has 0 heterocycles. The molecule has 7 atom stereocenters. The summed E-state index contributed by atoms with van der Waals surface area (Å²) in [6.45, 7) is 11.0. The summed E-state index contributed by atoms with van der Waals surface area (Å²) in [4.78, 5) is 36.7. The van der Waals surface area contributed by atoms with E-state index in [0.29, 0.717) is 25.7 Å². The zero-order chi connectivity index (χ0) is 23.6. The summed E-state index contributed by atoms with van der Waals surface area (Å²) in [7, 11) is 0. The summed E-state index contributed by atoms with van der Waals surface area (Å²) >= 11 is 0. The molecule has 0 aromatic carbocycles. The second-order valence-electron chi connectivity index (χ2n) is 9.56. The molecule has 0 aromatic rings. The first kappa shape index (κ1) is 28.9. The minimum absolute atomic E-state index is 0.0228. The van der Waals surface area contributed by atoms with E-state index in [1.165, 1.54) is 0 Å². The number of rotatable bonds is 16. The van der Waals surface area contributed by atoms with Crippen molar-refractivity contribution < 1.29 is 19.5 Å². The molecule has 0 aromatic heterocycles. The van der Waals surface area contributed by atoms with Crippen molar-refractivity contribution in [2.45, 2.75) is 91.8 Å². The van der Waals surface area contributed by atoms with E-state index in [2.05, 4.69) is 0 Å². The van der Waals surface area contributed by atoms with Crippen LogP contribution in [0.4, 0.5) is 0 Å². The van der Waals surface area contributed by atoms with Crippen LogP contribution >= 0.6 is 0 Å². The van der Waals surface area contributed by atoms with Gasteiger partial charge in [0, 0.05) is 17.8 Å². The fraction of sp³-hybridized carbons (Fsp3) is 0.870. The molecule has 176 valence electrons. The highest BCUT2D eigenvalue weighted by molar-refractivity contribution is 5.86. The second kappa shape index (κ2) is 14.0. The van der Waals surface area contributed by atoms with Crippen LogP contribution in [0.15, 0.2) is 0 Å². The number of aliphatic hydroxyl groups is 1. The van der Waals surface area contributed by atoms with Crippen LogP contribution in [0.1, 0.15) is 73.6 Å². The number of ketones is 3. The van der Waals surface area contributed by atoms with Gasteiger partial charge in [-0.3, -0.25) is 14.4 Å². The van der Waals surface area contributed by atoms with Crippen LogP contribution in [0.5, 0.6) is 0 Å². The molecule has 0 saturated carbocycles. The third-order valence-corrected chi connectivity index (χ3v) is 6.21. The Morgan fingerprint density at radius 2 is 1.17 bits per heavy atom. The highest BCUT2D eigenvalue weighted by atomic mass is 16.3. The third-order valence-electron chi connectivity index (χ3n) is 6.21. The summed E-state index contributed by atoms with van der Waals surface area (Å²) in [5.41, 5.74) is 17.8. The fourth-order valence-electron chi connectivity index (χ4n) is 3.67. The Labute approximate surface area is 182 Å². The van der Waals surface area contributed by atoms with Crippen LogP contribution in [0.3, 0.4) is 0 Å². The molecule has 0 aliphatic heterocycles. The van der Waals surface area contributed by atoms with Gasteiger partial charge in [0.1, 0.15) is 0 Å². The number of aliphatic hydroxyl groups excluding tert-OH is 1. The quantitative estimate of drug-likeness (QED) is 0.293. The standard InChI is InChI=1S/C23H45N3O4/c1-13(2)21(28)20(26)15(4)9-10-17(6)22(29)18(24)11-14(3)7-8-16(5)23(30)19(25)12-27/h13-20,27H,7-12,24-26H2,1-6H3/t14?,15?,16?,17?,18-,19-,20-/m0/s1. The highest BCUT2D eigenvalue weighted by Gasteiger charge is 2.27. The smallest absolute Gasteiger partial charge is 0.154 e. The van der Waals surface area contributed by atoms with Crippen LogP contribution in [0.25, 0.3) is 0 Å². The van der Waals surface area contributed by atoms with Crippen molar-refractivity contribution in [1.82, 2.24) is 0 Å². The molecule has 30 heavy (non-hydrogen) atoms. The van der Waals surface area contributed by atoms with Gasteiger partial charge in [-0.1, -0.05) is 41.5 Å². The van der Waals surface area contributed by atoms with Crippen LogP contribution < -0.4 is 17.2 Å². The summed E-state index contributed by atoms with van der Waals surface area (Å²) in [5, 5.41) is 9.00. The third kappa shape index (κ3) is 9.77. The van der Waals surface area contributed by atoms with Crippen molar-refractivity contribution in [2.24, 2.45) is 46.8 Å². The molecule has 0 spiro atoms. The van der Waals surface area contributed by atoms with Crippen molar-refractivity contribution in [2.75, 3.05) is 6.61 Å². The van der Waals surface area contributed by atoms with E-state index in [1.54, 1.807) is 0 Å². The van der Waals surface area contributed by atoms with E-state index in [-0.39, 0.29) is 53.5 Å². The zero-order valence-electron chi connectivity index (χ0n) is 19.8. The van der Waals surface area contributed by atoms with E-state index in [4.69, 9.17) is 22.3 Å². The average Bonchev–Trinajstić information content (AvgIpc) is 2.72. The first-order chi connectivity index (χ1) is 13.8. The molecule has 7 heteroatoms. The van der Waals surface area contributed by atoms with E-state index in [1.807, 2.05) is 41.5 Å². The van der Waals surface area contributed by atoms with E-state index in [9.17, 15) is 14.4 Å². The number of carbonyl (C=O) groups excluding carboxylic acids is 3. The lowest BCUT2D eigenvalue weighted by atomic mass is 9.84. The minimum Gasteiger partial charge on any atom is -0.394 e. The van der Waals surface area contributed by atoms with Gasteiger partial charge >= 0.3 is 0 Å². The molecule has 7 N–H and O–H groups in total. The number of hydrogen-bond acceptors (Lipinski definition) is 7. The first-order valence-corrected chi connectivity index (χ1v) is 11.3. The molecule has 0 aliphatic carbocycles. The van der Waals surface area contributed by atoms with Gasteiger partial charge in [0.05, 0.1) is 24.7 Å². The first-order valence-electron chi connectivity index (χ1n) is 11.3. The van der Waals surface area contributed by atoms with Gasteiger partial charge in [0.15, 0.2) is 17.3 Å². The minimum atomic E-state index is -0.827. The predicted octanol–water partition coefficient (Wildman–Crippen LogP) is 1.82. The maximum Gasteiger partial charge on any atom is 0.154 e. The van der Waals surface area contributed by atoms with E-state index >= 15 is 0 Å². The summed E-state index contributed by atoms with van der Waals surface area (Å²) in [5.74, 6) is -0.319. The number of nitrogens with two attached hydrogens (primary N) is 3. The topological polar surface area (TPSA) is 150 Å². The van der Waals surface area contributed by atoms with Gasteiger partial charge in [-0.2, -0.15) is 0 Å². The zero-order valence-corrected chi connectivity index (χ0v) is 19.8. The Kier molecular flexibility index (Phi) is 13.5. The number of Topliss-reactive ketones (excluding diaryl/α,β-unsaturated/α-hetero) is 3. The van der Waals surface area contributed by atoms with Crippen LogP contribution in [0, 0.1) is 29.6 Å². The fourth-order valence-corrected chi connectivity index (χ4v) is 3.67. The summed E-state index contributed by atoms with van der Waals surface area (Å²) < 4.78 is 0. The molecular weight excluding hydrogens is 382 g/mol. The highest BCUT2D eigenvalue weighted by Crippen LogP contribution is 2.22. The van der Waals surface area contributed by atoms with Crippen molar-refractivity contribution in [3.05, 3.63) is 0 Å². The Morgan fingerprint density at radius 3 is 1.63 bits per heavy atom. The lowest BCUT2D eigenvalue weighted by Crippen LogP contribution is -2.40. The molecular formula is C23H45N3O4. The molecule has 0 bridgehead atoms. The normalized spacial score (nSPS) is 18.9. The van der Waals surface area contributed by atoms with Gasteiger partial charge < -0.3 is 22.3 Å². The van der Waals surface area contributed by atoms with E-state index in [0.717, 1.165) is 6.42 Å². The van der Waals surface area contributed by atoms with Gasteiger partial charge in [-0.15, -0.1) is 0 Å². The SMILES string of the molecule is CC(CCC(C)C(=O)[C@@H](N)CO)C[C@H](N)C(=O)C(C)CCC(C)[C@H](N)C(=O)C(C)C. The lowest BCUT2D eigenvalue weighted by molar-refractivity contribution is -0.126. The van der Waals surface area contributed by atoms with Crippen molar-refractivity contribution in [3.8, 4) is 0 Å². The maximum atomic E-state index is 12.7. The number of hydrogen-bond donors (Lipinski definition) is 4. The Hall–Kier alpha value is -1.15. The Bertz CT molecular complexity index is 553. The van der Waals surface area contributed by atoms with Gasteiger partial charge in [0.25, 0.3) is 0 Å². The summed E-state index contributed by atoms with van der Waals surface area (Å²) in [6.07, 6.45) is 3.36. The molecule has 0 radical (unpaired) electrons. The van der Waals surface area contributed by atoms with Crippen LogP contribution in [-0.2, 0) is 14.4 Å². The largest absolute Gasteiger partial charge is 0.394 e. The molecule has 0 saturated heterocycles. The van der Waals surface area contributed by atoms with Crippen molar-refractivity contribution >= 4 is 17.3 Å². The van der Waals surface area contributed by atoms with Crippen LogP contribution in [-0.4, -0.2) is 47.2 Å². The molecule has 0 amide bonds. The second-order valence-corrected chi connectivity index (χ2v) is 9.56. The molecule has 0 rings (SSSR count). The van der Waals surface area contributed by atoms with E-state index < -0.39 is 18.1 Å². The maximum absolute atomic E-state index is 12.7. The molecule has 0 aliphatic rings. The van der Waals surface area contributed by atoms with Gasteiger partial charge in [0.2, 0.25) is 0 Å². The predicted molar refractivity (Wildman–Crippen MR) is 121 cm³/mol. The average molecular weight is 428 g/mol. The Balaban J connectivity index is 4.44. The number of carbonyl (C=O) groups is 3. The molecule has 7 nitrogen and oxygen atoms in total. The molecule has 0 fully saturated rings. The van der Waals surface area contributed by atoms with Crippen molar-refractivity contribution in [3.63, 3.8) is 0 Å². The molecule has 4 unspecified atom stereocenters. The monoisotopic (exact) mass is 427 g/mol. The van der Waals surface area contributed by atoms with Gasteiger partial charge in [-0.25, -0.2) is 0 Å². The summed E-state index contributed by atoms with van der Waals surface area (Å²) in [6, 6.07) is -1.86. The van der Waals surface area contributed by atoms with Gasteiger partial charge in [-0.05, 0) is 43.9 Å². The Morgan fingerprint density at radius 1 is 0.700 bits per heavy atom.